The fourth-order valence-electron chi connectivity index (χ4n) is 2.54. The Labute approximate surface area is 125 Å². The van der Waals surface area contributed by atoms with E-state index in [1.165, 1.54) is 16.4 Å². The molecule has 0 radical (unpaired) electrons. The molecule has 1 aromatic rings. The molecule has 1 heterocycles. The predicted octanol–water partition coefficient (Wildman–Crippen LogP) is 1.93. The average molecular weight is 323 g/mol. The first-order chi connectivity index (χ1) is 8.96. The van der Waals surface area contributed by atoms with Gasteiger partial charge in [0.05, 0.1) is 4.90 Å². The summed E-state index contributed by atoms with van der Waals surface area (Å²) < 4.78 is 40.1. The van der Waals surface area contributed by atoms with Crippen LogP contribution < -0.4 is 5.32 Å². The van der Waals surface area contributed by atoms with E-state index in [1.54, 1.807) is 14.0 Å². The minimum Gasteiger partial charge on any atom is -0.318 e. The molecule has 1 N–H and O–H groups in total. The Hall–Kier alpha value is -0.690. The highest BCUT2D eigenvalue weighted by Gasteiger charge is 2.35. The lowest BCUT2D eigenvalue weighted by Crippen LogP contribution is -2.41. The van der Waals surface area contributed by atoms with Crippen molar-refractivity contribution in [2.75, 3.05) is 20.1 Å². The van der Waals surface area contributed by atoms with Gasteiger partial charge in [-0.1, -0.05) is 6.07 Å². The number of halogens is 2. The van der Waals surface area contributed by atoms with Crippen molar-refractivity contribution in [1.29, 1.82) is 0 Å². The summed E-state index contributed by atoms with van der Waals surface area (Å²) in [5.74, 6) is -0.520. The van der Waals surface area contributed by atoms with E-state index in [2.05, 4.69) is 5.32 Å². The Morgan fingerprint density at radius 1 is 1.45 bits per heavy atom. The molecule has 1 saturated heterocycles. The molecule has 1 fully saturated rings. The third-order valence-corrected chi connectivity index (χ3v) is 5.59. The molecule has 4 nitrogen and oxygen atoms in total. The van der Waals surface area contributed by atoms with Crippen molar-refractivity contribution in [1.82, 2.24) is 9.62 Å². The van der Waals surface area contributed by atoms with E-state index in [1.807, 2.05) is 0 Å². The molecule has 20 heavy (non-hydrogen) atoms. The Kier molecular flexibility index (Phi) is 5.94. The quantitative estimate of drug-likeness (QED) is 0.921. The molecule has 0 aliphatic carbocycles. The zero-order valence-corrected chi connectivity index (χ0v) is 13.2. The monoisotopic (exact) mass is 322 g/mol. The summed E-state index contributed by atoms with van der Waals surface area (Å²) in [6.07, 6.45) is 1.69. The van der Waals surface area contributed by atoms with Crippen molar-refractivity contribution >= 4 is 22.4 Å². The summed E-state index contributed by atoms with van der Waals surface area (Å²) in [5, 5.41) is 3.01. The lowest BCUT2D eigenvalue weighted by atomic mass is 10.2. The maximum Gasteiger partial charge on any atom is 0.243 e. The van der Waals surface area contributed by atoms with Gasteiger partial charge in [0.2, 0.25) is 10.0 Å². The van der Waals surface area contributed by atoms with Crippen LogP contribution in [0.5, 0.6) is 0 Å². The zero-order valence-electron chi connectivity index (χ0n) is 11.6. The van der Waals surface area contributed by atoms with Crippen LogP contribution in [-0.4, -0.2) is 38.9 Å². The van der Waals surface area contributed by atoms with E-state index >= 15 is 0 Å². The smallest absolute Gasteiger partial charge is 0.243 e. The molecule has 0 bridgehead atoms. The summed E-state index contributed by atoms with van der Waals surface area (Å²) in [4.78, 5) is 0.0792. The maximum atomic E-state index is 13.3. The van der Waals surface area contributed by atoms with Crippen LogP contribution in [0.2, 0.25) is 0 Å². The minimum absolute atomic E-state index is 0. The maximum absolute atomic E-state index is 13.3. The van der Waals surface area contributed by atoms with Gasteiger partial charge >= 0.3 is 0 Å². The molecule has 2 rings (SSSR count). The molecule has 0 aromatic heterocycles. The number of rotatable bonds is 4. The number of aryl methyl sites for hydroxylation is 1. The second-order valence-corrected chi connectivity index (χ2v) is 6.74. The number of benzene rings is 1. The fourth-order valence-corrected chi connectivity index (χ4v) is 4.47. The second-order valence-electron chi connectivity index (χ2n) is 4.88. The normalized spacial score (nSPS) is 19.9. The predicted molar refractivity (Wildman–Crippen MR) is 79.2 cm³/mol. The summed E-state index contributed by atoms with van der Waals surface area (Å²) in [6.45, 7) is 2.81. The lowest BCUT2D eigenvalue weighted by molar-refractivity contribution is 0.378. The third-order valence-electron chi connectivity index (χ3n) is 3.50. The fraction of sp³-hybridized carbons (Fsp3) is 0.538. The molecule has 1 aromatic carbocycles. The van der Waals surface area contributed by atoms with Gasteiger partial charge < -0.3 is 5.32 Å². The highest BCUT2D eigenvalue weighted by Crippen LogP contribution is 2.27. The van der Waals surface area contributed by atoms with Crippen LogP contribution in [-0.2, 0) is 10.0 Å². The lowest BCUT2D eigenvalue weighted by Gasteiger charge is -2.24. The van der Waals surface area contributed by atoms with Gasteiger partial charge in [-0.3, -0.25) is 0 Å². The summed E-state index contributed by atoms with van der Waals surface area (Å²) >= 11 is 0. The average Bonchev–Trinajstić information content (AvgIpc) is 2.81. The van der Waals surface area contributed by atoms with Crippen molar-refractivity contribution < 1.29 is 12.8 Å². The Morgan fingerprint density at radius 3 is 2.80 bits per heavy atom. The van der Waals surface area contributed by atoms with Crippen LogP contribution in [0.1, 0.15) is 18.4 Å². The van der Waals surface area contributed by atoms with Crippen LogP contribution >= 0.6 is 12.4 Å². The molecule has 0 saturated carbocycles. The van der Waals surface area contributed by atoms with Crippen LogP contribution in [0.4, 0.5) is 4.39 Å². The summed E-state index contributed by atoms with van der Waals surface area (Å²) in [5.41, 5.74) is 0.580. The molecular formula is C13H20ClFN2O2S. The standard InChI is InChI=1S/C13H19FN2O2S.ClH/c1-10-5-6-11(14)8-13(10)19(17,18)16-7-3-4-12(16)9-15-2;/h5-6,8,12,15H,3-4,7,9H2,1-2H3;1H. The summed E-state index contributed by atoms with van der Waals surface area (Å²) in [6, 6.07) is 3.85. The zero-order chi connectivity index (χ0) is 14.0. The largest absolute Gasteiger partial charge is 0.318 e. The molecule has 1 aliphatic rings. The minimum atomic E-state index is -3.61. The molecule has 114 valence electrons. The van der Waals surface area contributed by atoms with Crippen molar-refractivity contribution in [2.24, 2.45) is 0 Å². The van der Waals surface area contributed by atoms with Gasteiger partial charge in [-0.25, -0.2) is 12.8 Å². The highest BCUT2D eigenvalue weighted by atomic mass is 35.5. The Morgan fingerprint density at radius 2 is 2.15 bits per heavy atom. The second kappa shape index (κ2) is 6.85. The van der Waals surface area contributed by atoms with Crippen molar-refractivity contribution in [2.45, 2.75) is 30.7 Å². The summed E-state index contributed by atoms with van der Waals surface area (Å²) in [7, 11) is -1.81. The molecule has 7 heteroatoms. The van der Waals surface area contributed by atoms with Crippen LogP contribution in [0.15, 0.2) is 23.1 Å². The van der Waals surface area contributed by atoms with Gasteiger partial charge in [0.25, 0.3) is 0 Å². The molecule has 0 spiro atoms. The first kappa shape index (κ1) is 17.4. The van der Waals surface area contributed by atoms with E-state index in [4.69, 9.17) is 0 Å². The van der Waals surface area contributed by atoms with E-state index in [0.29, 0.717) is 18.7 Å². The number of sulfonamides is 1. The highest BCUT2D eigenvalue weighted by molar-refractivity contribution is 7.89. The molecule has 1 atom stereocenters. The molecule has 1 aliphatic heterocycles. The van der Waals surface area contributed by atoms with Crippen molar-refractivity contribution in [3.8, 4) is 0 Å². The van der Waals surface area contributed by atoms with Crippen LogP contribution in [0.3, 0.4) is 0 Å². The first-order valence-corrected chi connectivity index (χ1v) is 7.83. The van der Waals surface area contributed by atoms with Gasteiger partial charge in [-0.2, -0.15) is 4.31 Å². The van der Waals surface area contributed by atoms with Crippen molar-refractivity contribution in [3.05, 3.63) is 29.6 Å². The molecule has 1 unspecified atom stereocenters. The van der Waals surface area contributed by atoms with Gasteiger partial charge in [0, 0.05) is 19.1 Å². The number of nitrogens with one attached hydrogen (secondary N) is 1. The number of hydrogen-bond donors (Lipinski definition) is 1. The van der Waals surface area contributed by atoms with E-state index in [9.17, 15) is 12.8 Å². The van der Waals surface area contributed by atoms with E-state index < -0.39 is 15.8 Å². The van der Waals surface area contributed by atoms with Gasteiger partial charge in [-0.15, -0.1) is 12.4 Å². The molecule has 0 amide bonds. The van der Waals surface area contributed by atoms with E-state index in [0.717, 1.165) is 18.9 Å². The van der Waals surface area contributed by atoms with Gasteiger partial charge in [0.1, 0.15) is 5.82 Å². The van der Waals surface area contributed by atoms with Gasteiger partial charge in [-0.05, 0) is 44.5 Å². The first-order valence-electron chi connectivity index (χ1n) is 6.39. The van der Waals surface area contributed by atoms with E-state index in [-0.39, 0.29) is 23.3 Å². The number of hydrogen-bond acceptors (Lipinski definition) is 3. The van der Waals surface area contributed by atoms with Crippen LogP contribution in [0, 0.1) is 12.7 Å². The third kappa shape index (κ3) is 3.31. The number of nitrogens with zero attached hydrogens (tertiary/aromatic N) is 1. The van der Waals surface area contributed by atoms with Gasteiger partial charge in [0.15, 0.2) is 0 Å². The van der Waals surface area contributed by atoms with Crippen molar-refractivity contribution in [3.63, 3.8) is 0 Å². The SMILES string of the molecule is CNCC1CCCN1S(=O)(=O)c1cc(F)ccc1C.Cl. The number of likely N-dealkylation sites (N-methyl/N-ethyl adjacent to an activating group) is 1. The Balaban J connectivity index is 0.00000200. The Bertz CT molecular complexity index is 565. The van der Waals surface area contributed by atoms with Crippen LogP contribution in [0.25, 0.3) is 0 Å². The molecular weight excluding hydrogens is 303 g/mol. The topological polar surface area (TPSA) is 49.4 Å².